The monoisotopic (exact) mass is 313 g/mol. The van der Waals surface area contributed by atoms with Gasteiger partial charge in [-0.2, -0.15) is 0 Å². The summed E-state index contributed by atoms with van der Waals surface area (Å²) in [4.78, 5) is 4.80. The predicted octanol–water partition coefficient (Wildman–Crippen LogP) is 2.25. The van der Waals surface area contributed by atoms with Gasteiger partial charge < -0.3 is 15.1 Å². The summed E-state index contributed by atoms with van der Waals surface area (Å²) in [5, 5.41) is 3.90. The first kappa shape index (κ1) is 16.7. The second-order valence-electron chi connectivity index (χ2n) is 6.06. The largest absolute Gasteiger partial charge is 0.317 e. The van der Waals surface area contributed by atoms with Crippen molar-refractivity contribution in [3.8, 4) is 0 Å². The van der Waals surface area contributed by atoms with E-state index in [1.165, 1.54) is 12.1 Å². The molecule has 1 saturated heterocycles. The van der Waals surface area contributed by atoms with Crippen LogP contribution in [0.25, 0.3) is 0 Å². The van der Waals surface area contributed by atoms with Gasteiger partial charge in [-0.3, -0.25) is 0 Å². The molecule has 0 amide bonds. The standard InChI is InChI=1S/C16H25ClFN3/c1-19-14(8-12-4-5-13(18)9-16(12)17)10-15-11-20(2)6-7-21(15)3/h4-5,9,14-15,19H,6-8,10-11H2,1-3H3. The molecule has 2 atom stereocenters. The fourth-order valence-corrected chi connectivity index (χ4v) is 3.18. The minimum absolute atomic E-state index is 0.279. The number of likely N-dealkylation sites (N-methyl/N-ethyl adjacent to an activating group) is 3. The van der Waals surface area contributed by atoms with Crippen molar-refractivity contribution in [2.75, 3.05) is 40.8 Å². The Labute approximate surface area is 132 Å². The van der Waals surface area contributed by atoms with Crippen LogP contribution >= 0.6 is 11.6 Å². The number of hydrogen-bond donors (Lipinski definition) is 1. The van der Waals surface area contributed by atoms with Gasteiger partial charge in [-0.25, -0.2) is 4.39 Å². The molecule has 1 aliphatic heterocycles. The van der Waals surface area contributed by atoms with Crippen LogP contribution in [0.1, 0.15) is 12.0 Å². The molecule has 0 radical (unpaired) electrons. The van der Waals surface area contributed by atoms with Gasteiger partial charge in [0.05, 0.1) is 0 Å². The number of nitrogens with one attached hydrogen (secondary N) is 1. The van der Waals surface area contributed by atoms with E-state index in [1.54, 1.807) is 6.07 Å². The van der Waals surface area contributed by atoms with Crippen LogP contribution in [0.4, 0.5) is 4.39 Å². The molecule has 2 rings (SSSR count). The molecule has 5 heteroatoms. The van der Waals surface area contributed by atoms with Crippen LogP contribution in [0.15, 0.2) is 18.2 Å². The Bertz CT molecular complexity index is 469. The minimum atomic E-state index is -0.279. The van der Waals surface area contributed by atoms with E-state index < -0.39 is 0 Å². The highest BCUT2D eigenvalue weighted by Gasteiger charge is 2.25. The van der Waals surface area contributed by atoms with Gasteiger partial charge in [0.15, 0.2) is 0 Å². The highest BCUT2D eigenvalue weighted by atomic mass is 35.5. The Morgan fingerprint density at radius 3 is 2.81 bits per heavy atom. The number of benzene rings is 1. The van der Waals surface area contributed by atoms with E-state index in [0.29, 0.717) is 17.1 Å². The summed E-state index contributed by atoms with van der Waals surface area (Å²) in [5.41, 5.74) is 1.00. The van der Waals surface area contributed by atoms with Gasteiger partial charge in [0.25, 0.3) is 0 Å². The normalized spacial score (nSPS) is 22.4. The summed E-state index contributed by atoms with van der Waals surface area (Å²) in [6, 6.07) is 5.55. The molecule has 3 nitrogen and oxygen atoms in total. The van der Waals surface area contributed by atoms with Crippen LogP contribution in [-0.4, -0.2) is 62.7 Å². The third-order valence-electron chi connectivity index (χ3n) is 4.43. The molecule has 1 aromatic rings. The lowest BCUT2D eigenvalue weighted by atomic mass is 9.97. The van der Waals surface area contributed by atoms with Gasteiger partial charge in [0.2, 0.25) is 0 Å². The van der Waals surface area contributed by atoms with Crippen molar-refractivity contribution >= 4 is 11.6 Å². The minimum Gasteiger partial charge on any atom is -0.317 e. The zero-order chi connectivity index (χ0) is 15.4. The average molecular weight is 314 g/mol. The lowest BCUT2D eigenvalue weighted by Gasteiger charge is -2.39. The number of nitrogens with zero attached hydrogens (tertiary/aromatic N) is 2. The van der Waals surface area contributed by atoms with E-state index in [-0.39, 0.29) is 5.82 Å². The maximum atomic E-state index is 13.1. The van der Waals surface area contributed by atoms with E-state index in [9.17, 15) is 4.39 Å². The van der Waals surface area contributed by atoms with E-state index in [2.05, 4.69) is 29.2 Å². The number of hydrogen-bond acceptors (Lipinski definition) is 3. The fraction of sp³-hybridized carbons (Fsp3) is 0.625. The number of piperazine rings is 1. The van der Waals surface area contributed by atoms with Crippen molar-refractivity contribution in [2.45, 2.75) is 24.9 Å². The van der Waals surface area contributed by atoms with E-state index >= 15 is 0 Å². The Morgan fingerprint density at radius 1 is 1.38 bits per heavy atom. The summed E-state index contributed by atoms with van der Waals surface area (Å²) >= 11 is 6.14. The maximum absolute atomic E-state index is 13.1. The Morgan fingerprint density at radius 2 is 2.14 bits per heavy atom. The van der Waals surface area contributed by atoms with Gasteiger partial charge >= 0.3 is 0 Å². The molecule has 21 heavy (non-hydrogen) atoms. The van der Waals surface area contributed by atoms with Crippen molar-refractivity contribution in [3.63, 3.8) is 0 Å². The van der Waals surface area contributed by atoms with Crippen molar-refractivity contribution < 1.29 is 4.39 Å². The van der Waals surface area contributed by atoms with Crippen molar-refractivity contribution in [1.82, 2.24) is 15.1 Å². The van der Waals surface area contributed by atoms with Crippen LogP contribution in [-0.2, 0) is 6.42 Å². The molecular weight excluding hydrogens is 289 g/mol. The third-order valence-corrected chi connectivity index (χ3v) is 4.78. The van der Waals surface area contributed by atoms with E-state index in [4.69, 9.17) is 11.6 Å². The van der Waals surface area contributed by atoms with Gasteiger partial charge in [-0.1, -0.05) is 17.7 Å². The topological polar surface area (TPSA) is 18.5 Å². The lowest BCUT2D eigenvalue weighted by Crippen LogP contribution is -2.52. The molecule has 1 heterocycles. The number of halogens is 2. The molecule has 1 N–H and O–H groups in total. The summed E-state index contributed by atoms with van der Waals surface area (Å²) < 4.78 is 13.1. The van der Waals surface area contributed by atoms with Gasteiger partial charge in [0, 0.05) is 36.7 Å². The van der Waals surface area contributed by atoms with Gasteiger partial charge in [0.1, 0.15) is 5.82 Å². The van der Waals surface area contributed by atoms with E-state index in [1.807, 2.05) is 7.05 Å². The smallest absolute Gasteiger partial charge is 0.124 e. The number of rotatable bonds is 5. The van der Waals surface area contributed by atoms with E-state index in [0.717, 1.165) is 38.0 Å². The zero-order valence-electron chi connectivity index (χ0n) is 13.1. The first-order valence-corrected chi connectivity index (χ1v) is 7.87. The molecule has 1 aliphatic rings. The second-order valence-corrected chi connectivity index (χ2v) is 6.47. The second kappa shape index (κ2) is 7.54. The van der Waals surface area contributed by atoms with Crippen LogP contribution in [0.3, 0.4) is 0 Å². The van der Waals surface area contributed by atoms with Crippen molar-refractivity contribution in [2.24, 2.45) is 0 Å². The zero-order valence-corrected chi connectivity index (χ0v) is 13.8. The Kier molecular flexibility index (Phi) is 5.99. The first-order valence-electron chi connectivity index (χ1n) is 7.49. The molecule has 0 spiro atoms. The molecular formula is C16H25ClFN3. The molecule has 0 bridgehead atoms. The average Bonchev–Trinajstić information content (AvgIpc) is 2.44. The fourth-order valence-electron chi connectivity index (χ4n) is 2.94. The molecule has 1 fully saturated rings. The Hall–Kier alpha value is -0.680. The first-order chi connectivity index (χ1) is 9.99. The third kappa shape index (κ3) is 4.65. The van der Waals surface area contributed by atoms with Crippen LogP contribution in [0, 0.1) is 5.82 Å². The lowest BCUT2D eigenvalue weighted by molar-refractivity contribution is 0.102. The highest BCUT2D eigenvalue weighted by molar-refractivity contribution is 6.31. The summed E-state index contributed by atoms with van der Waals surface area (Å²) in [7, 11) is 6.34. The van der Waals surface area contributed by atoms with Crippen molar-refractivity contribution in [1.29, 1.82) is 0 Å². The molecule has 2 unspecified atom stereocenters. The maximum Gasteiger partial charge on any atom is 0.124 e. The SMILES string of the molecule is CNC(Cc1ccc(F)cc1Cl)CC1CN(C)CCN1C. The quantitative estimate of drug-likeness (QED) is 0.899. The van der Waals surface area contributed by atoms with Gasteiger partial charge in [-0.15, -0.1) is 0 Å². The molecule has 0 aromatic heterocycles. The summed E-state index contributed by atoms with van der Waals surface area (Å²) in [6.07, 6.45) is 1.88. The van der Waals surface area contributed by atoms with Crippen LogP contribution in [0.5, 0.6) is 0 Å². The Balaban J connectivity index is 1.99. The van der Waals surface area contributed by atoms with Gasteiger partial charge in [-0.05, 0) is 51.7 Å². The molecule has 0 aliphatic carbocycles. The van der Waals surface area contributed by atoms with Crippen LogP contribution in [0.2, 0.25) is 5.02 Å². The molecule has 1 aromatic carbocycles. The van der Waals surface area contributed by atoms with Crippen LogP contribution < -0.4 is 5.32 Å². The molecule has 118 valence electrons. The van der Waals surface area contributed by atoms with Crippen molar-refractivity contribution in [3.05, 3.63) is 34.6 Å². The predicted molar refractivity (Wildman–Crippen MR) is 86.5 cm³/mol. The summed E-state index contributed by atoms with van der Waals surface area (Å²) in [5.74, 6) is -0.279. The molecule has 0 saturated carbocycles. The highest BCUT2D eigenvalue weighted by Crippen LogP contribution is 2.21. The summed E-state index contributed by atoms with van der Waals surface area (Å²) in [6.45, 7) is 3.32.